The number of halogens is 1. The fourth-order valence-corrected chi connectivity index (χ4v) is 4.53. The van der Waals surface area contributed by atoms with Gasteiger partial charge < -0.3 is 19.3 Å². The molecule has 7 heteroatoms. The highest BCUT2D eigenvalue weighted by molar-refractivity contribution is 5.85. The van der Waals surface area contributed by atoms with E-state index in [1.165, 1.54) is 12.1 Å². The molecule has 0 aliphatic carbocycles. The van der Waals surface area contributed by atoms with Crippen LogP contribution in [-0.2, 0) is 19.1 Å². The highest BCUT2D eigenvalue weighted by Gasteiger charge is 2.42. The zero-order chi connectivity index (χ0) is 20.8. The van der Waals surface area contributed by atoms with Gasteiger partial charge in [0.25, 0.3) is 0 Å². The Bertz CT molecular complexity index is 689. The summed E-state index contributed by atoms with van der Waals surface area (Å²) >= 11 is 0. The molecule has 160 valence electrons. The van der Waals surface area contributed by atoms with Crippen LogP contribution >= 0.6 is 0 Å². The van der Waals surface area contributed by atoms with Gasteiger partial charge in [0.2, 0.25) is 11.8 Å². The lowest BCUT2D eigenvalue weighted by molar-refractivity contribution is -0.149. The number of methoxy groups -OCH3 is 2. The van der Waals surface area contributed by atoms with Crippen molar-refractivity contribution in [2.75, 3.05) is 47.1 Å². The quantitative estimate of drug-likeness (QED) is 0.699. The zero-order valence-electron chi connectivity index (χ0n) is 17.3. The average molecular weight is 406 g/mol. The molecule has 2 aliphatic rings. The molecule has 0 N–H and O–H groups in total. The number of ether oxygens (including phenoxy) is 2. The van der Waals surface area contributed by atoms with Crippen LogP contribution in [0.2, 0.25) is 0 Å². The van der Waals surface area contributed by atoms with Crippen LogP contribution in [0.3, 0.4) is 0 Å². The zero-order valence-corrected chi connectivity index (χ0v) is 17.3. The van der Waals surface area contributed by atoms with Crippen molar-refractivity contribution in [2.45, 2.75) is 31.7 Å². The van der Waals surface area contributed by atoms with E-state index in [1.807, 2.05) is 4.90 Å². The summed E-state index contributed by atoms with van der Waals surface area (Å²) in [5.41, 5.74) is 0.795. The maximum atomic E-state index is 13.5. The summed E-state index contributed by atoms with van der Waals surface area (Å²) in [5.74, 6) is -0.0659. The van der Waals surface area contributed by atoms with Gasteiger partial charge in [0, 0.05) is 46.9 Å². The number of likely N-dealkylation sites (tertiary alicyclic amines) is 2. The van der Waals surface area contributed by atoms with Crippen LogP contribution in [0.5, 0.6) is 0 Å². The fourth-order valence-electron chi connectivity index (χ4n) is 4.53. The summed E-state index contributed by atoms with van der Waals surface area (Å²) in [6.45, 7) is 2.96. The first-order chi connectivity index (χ1) is 14.0. The molecule has 0 saturated carbocycles. The van der Waals surface area contributed by atoms with Gasteiger partial charge in [-0.05, 0) is 42.9 Å². The van der Waals surface area contributed by atoms with E-state index >= 15 is 0 Å². The van der Waals surface area contributed by atoms with Gasteiger partial charge in [-0.2, -0.15) is 0 Å². The number of nitrogens with zero attached hydrogens (tertiary/aromatic N) is 2. The number of hydrogen-bond donors (Lipinski definition) is 0. The standard InChI is InChI=1S/C22H31FN2O4/c1-28-14-13-25-20(26)8-7-19(21(25)17-3-5-18(23)6-4-17)22(27)24-11-9-16(10-12-24)15-29-2/h3-6,16,19,21H,7-15H2,1-2H3/t19-,21+/m1/s1. The minimum absolute atomic E-state index is 0.0132. The summed E-state index contributed by atoms with van der Waals surface area (Å²) in [6, 6.07) is 5.75. The third kappa shape index (κ3) is 5.14. The molecule has 2 amide bonds. The van der Waals surface area contributed by atoms with Crippen LogP contribution < -0.4 is 0 Å². The van der Waals surface area contributed by atoms with E-state index in [0.29, 0.717) is 45.0 Å². The Morgan fingerprint density at radius 3 is 2.41 bits per heavy atom. The maximum absolute atomic E-state index is 13.5. The smallest absolute Gasteiger partial charge is 0.228 e. The number of carbonyl (C=O) groups is 2. The molecule has 0 spiro atoms. The molecule has 2 aliphatic heterocycles. The first-order valence-electron chi connectivity index (χ1n) is 10.4. The molecule has 1 aromatic rings. The van der Waals surface area contributed by atoms with E-state index < -0.39 is 6.04 Å². The van der Waals surface area contributed by atoms with Crippen LogP contribution in [0.15, 0.2) is 24.3 Å². The molecule has 0 bridgehead atoms. The number of carbonyl (C=O) groups excluding carboxylic acids is 2. The van der Waals surface area contributed by atoms with Crippen LogP contribution in [0.1, 0.15) is 37.3 Å². The second kappa shape index (κ2) is 10.2. The van der Waals surface area contributed by atoms with Crippen LogP contribution in [0, 0.1) is 17.7 Å². The van der Waals surface area contributed by atoms with Crippen LogP contribution in [0.4, 0.5) is 4.39 Å². The Morgan fingerprint density at radius 1 is 1.10 bits per heavy atom. The first kappa shape index (κ1) is 21.7. The molecule has 0 aromatic heterocycles. The lowest BCUT2D eigenvalue weighted by Crippen LogP contribution is -2.51. The predicted octanol–water partition coefficient (Wildman–Crippen LogP) is 2.64. The van der Waals surface area contributed by atoms with Crippen LogP contribution in [0.25, 0.3) is 0 Å². The molecule has 2 fully saturated rings. The number of rotatable bonds is 7. The second-order valence-corrected chi connectivity index (χ2v) is 7.95. The largest absolute Gasteiger partial charge is 0.384 e. The van der Waals surface area contributed by atoms with Crippen molar-refractivity contribution in [2.24, 2.45) is 11.8 Å². The molecule has 1 aromatic carbocycles. The normalized spacial score (nSPS) is 23.5. The van der Waals surface area contributed by atoms with Crippen molar-refractivity contribution >= 4 is 11.8 Å². The van der Waals surface area contributed by atoms with Crippen molar-refractivity contribution in [3.63, 3.8) is 0 Å². The molecule has 3 rings (SSSR count). The van der Waals surface area contributed by atoms with Crippen molar-refractivity contribution in [1.82, 2.24) is 9.80 Å². The SMILES string of the molecule is COCCN1C(=O)CC[C@@H](C(=O)N2CCC(COC)CC2)[C@@H]1c1ccc(F)cc1. The van der Waals surface area contributed by atoms with Crippen LogP contribution in [-0.4, -0.2) is 68.7 Å². The van der Waals surface area contributed by atoms with Crippen molar-refractivity contribution in [1.29, 1.82) is 0 Å². The molecular weight excluding hydrogens is 375 g/mol. The van der Waals surface area contributed by atoms with E-state index in [1.54, 1.807) is 31.3 Å². The topological polar surface area (TPSA) is 59.1 Å². The molecule has 2 atom stereocenters. The summed E-state index contributed by atoms with van der Waals surface area (Å²) in [4.78, 5) is 29.8. The van der Waals surface area contributed by atoms with E-state index in [2.05, 4.69) is 0 Å². The minimum Gasteiger partial charge on any atom is -0.384 e. The average Bonchev–Trinajstić information content (AvgIpc) is 2.74. The van der Waals surface area contributed by atoms with Crippen molar-refractivity contribution < 1.29 is 23.5 Å². The summed E-state index contributed by atoms with van der Waals surface area (Å²) in [7, 11) is 3.30. The van der Waals surface area contributed by atoms with Gasteiger partial charge in [-0.15, -0.1) is 0 Å². The highest BCUT2D eigenvalue weighted by Crippen LogP contribution is 2.38. The Hall–Kier alpha value is -1.99. The van der Waals surface area contributed by atoms with Crippen molar-refractivity contribution in [3.8, 4) is 0 Å². The highest BCUT2D eigenvalue weighted by atomic mass is 19.1. The summed E-state index contributed by atoms with van der Waals surface area (Å²) < 4.78 is 23.9. The third-order valence-electron chi connectivity index (χ3n) is 6.10. The number of amides is 2. The molecule has 29 heavy (non-hydrogen) atoms. The maximum Gasteiger partial charge on any atom is 0.228 e. The summed E-state index contributed by atoms with van der Waals surface area (Å²) in [6.07, 6.45) is 2.72. The van der Waals surface area contributed by atoms with Gasteiger partial charge in [-0.1, -0.05) is 12.1 Å². The lowest BCUT2D eigenvalue weighted by atomic mass is 9.82. The molecule has 0 unspecified atom stereocenters. The van der Waals surface area contributed by atoms with Gasteiger partial charge in [0.1, 0.15) is 5.82 Å². The van der Waals surface area contributed by atoms with E-state index in [0.717, 1.165) is 25.0 Å². The number of piperidine rings is 2. The molecule has 2 saturated heterocycles. The Labute approximate surface area is 171 Å². The Morgan fingerprint density at radius 2 is 1.79 bits per heavy atom. The van der Waals surface area contributed by atoms with Gasteiger partial charge in [0.15, 0.2) is 0 Å². The number of benzene rings is 1. The lowest BCUT2D eigenvalue weighted by Gasteiger charge is -2.43. The van der Waals surface area contributed by atoms with E-state index in [-0.39, 0.29) is 23.5 Å². The Balaban J connectivity index is 1.81. The van der Waals surface area contributed by atoms with Crippen molar-refractivity contribution in [3.05, 3.63) is 35.6 Å². The Kier molecular flexibility index (Phi) is 7.61. The monoisotopic (exact) mass is 406 g/mol. The van der Waals surface area contributed by atoms with Gasteiger partial charge in [-0.25, -0.2) is 4.39 Å². The predicted molar refractivity (Wildman–Crippen MR) is 107 cm³/mol. The molecular formula is C22H31FN2O4. The third-order valence-corrected chi connectivity index (χ3v) is 6.10. The summed E-state index contributed by atoms with van der Waals surface area (Å²) in [5, 5.41) is 0. The molecule has 0 radical (unpaired) electrons. The minimum atomic E-state index is -0.392. The number of hydrogen-bond acceptors (Lipinski definition) is 4. The van der Waals surface area contributed by atoms with Gasteiger partial charge >= 0.3 is 0 Å². The van der Waals surface area contributed by atoms with Gasteiger partial charge in [0.05, 0.1) is 18.6 Å². The molecule has 2 heterocycles. The molecule has 6 nitrogen and oxygen atoms in total. The van der Waals surface area contributed by atoms with E-state index in [4.69, 9.17) is 9.47 Å². The fraction of sp³-hybridized carbons (Fsp3) is 0.636. The second-order valence-electron chi connectivity index (χ2n) is 7.95. The first-order valence-corrected chi connectivity index (χ1v) is 10.4. The van der Waals surface area contributed by atoms with Gasteiger partial charge in [-0.3, -0.25) is 9.59 Å². The van der Waals surface area contributed by atoms with E-state index in [9.17, 15) is 14.0 Å².